The topological polar surface area (TPSA) is 50.0 Å². The molecule has 10 aromatic rings. The number of hydrogen-bond acceptors (Lipinski definition) is 10. The quantitative estimate of drug-likeness (QED) is 0.0350. The Morgan fingerprint density at radius 2 is 0.990 bits per heavy atom. The number of rotatable bonds is 29. The summed E-state index contributed by atoms with van der Waals surface area (Å²) in [5.74, 6) is -0.262. The van der Waals surface area contributed by atoms with Crippen LogP contribution in [-0.2, 0) is 6.42 Å². The van der Waals surface area contributed by atoms with E-state index in [-0.39, 0.29) is 25.8 Å². The second kappa shape index (κ2) is 34.8. The molecule has 11 rings (SSSR count). The Hall–Kier alpha value is -7.55. The van der Waals surface area contributed by atoms with E-state index >= 15 is 4.39 Å². The molecule has 0 unspecified atom stereocenters. The van der Waals surface area contributed by atoms with Gasteiger partial charge in [0, 0.05) is 25.1 Å². The summed E-state index contributed by atoms with van der Waals surface area (Å²) in [5.41, 5.74) is 20.3. The molecule has 10 aromatic carbocycles. The summed E-state index contributed by atoms with van der Waals surface area (Å²) in [7, 11) is 0. The van der Waals surface area contributed by atoms with Crippen molar-refractivity contribution in [1.82, 2.24) is 0 Å². The number of anilines is 10. The van der Waals surface area contributed by atoms with Gasteiger partial charge in [0.15, 0.2) is 0 Å². The summed E-state index contributed by atoms with van der Waals surface area (Å²) in [4.78, 5) is 0. The molecule has 1 fully saturated rings. The van der Waals surface area contributed by atoms with E-state index < -0.39 is 5.82 Å². The number of nitrogens with one attached hydrogen (secondary N) is 2. The van der Waals surface area contributed by atoms with Crippen LogP contribution in [0.2, 0.25) is 40.2 Å². The van der Waals surface area contributed by atoms with E-state index in [1.165, 1.54) is 81.4 Å². The van der Waals surface area contributed by atoms with E-state index in [9.17, 15) is 0 Å². The molecule has 0 bridgehead atoms. The zero-order chi connectivity index (χ0) is 72.3. The van der Waals surface area contributed by atoms with Crippen LogP contribution in [0.5, 0.6) is 0 Å². The third-order valence-corrected chi connectivity index (χ3v) is 21.2. The van der Waals surface area contributed by atoms with E-state index in [0.717, 1.165) is 64.9 Å². The lowest BCUT2D eigenvalue weighted by atomic mass is 9.84. The number of hydrazine groups is 9. The standard InChI is InChI=1S/C83H87Cl8FN10/c1-9-10-11-12-13-14-15-17-23-62-33-40-68(41-34-62)93-95(69-43-35-64(36-44-69)63-24-18-16-19-25-63)98(81-53-67(86)37-31-58(81)5)100(78-48-39-65(84)51-60(78)7)97(70-42-32-57(4)74(90)54-70)101(79-28-21-26-71(87)61(79)8)102(83-59(6)22-20-27-73(83)89)99(82-50-56(3)29-45-72(82)88)96(80-47-30-55(2)49-75(80)91)94-77-46-38-66(85)52-76(77)92/h20-22,26-54,63,93-94H,9-19,23-25H2,1-8H3. The molecule has 10 nitrogen and oxygen atoms in total. The minimum absolute atomic E-state index is 0.0201. The SMILES string of the molecule is CCCCCCCCCCc1ccc(NN(c2ccc(C3CCCCC3)cc2)N(c2cc(Cl)ccc2C)N(c2ccc(Cl)cc2C)N(c2ccc(C)c(Cl)c2)N(c2cccc(Cl)c2C)N(c2c(C)cccc2Cl)N(c2cc(C)ccc2Cl)N(Nc2ccc(Cl)cc2F)c2ccc(C)cc2Cl)cc1. The zero-order valence-corrected chi connectivity index (χ0v) is 65.0. The molecule has 102 heavy (non-hydrogen) atoms. The summed E-state index contributed by atoms with van der Waals surface area (Å²) >= 11 is 60.1. The van der Waals surface area contributed by atoms with Gasteiger partial charge in [-0.3, -0.25) is 10.9 Å². The van der Waals surface area contributed by atoms with E-state index in [1.54, 1.807) is 22.4 Å². The first-order valence-electron chi connectivity index (χ1n) is 35.1. The van der Waals surface area contributed by atoms with Crippen LogP contribution in [-0.4, -0.2) is 0 Å². The van der Waals surface area contributed by atoms with Gasteiger partial charge in [-0.1, -0.05) is 231 Å². The van der Waals surface area contributed by atoms with Gasteiger partial charge in [-0.25, -0.2) is 4.39 Å². The average Bonchev–Trinajstić information content (AvgIpc) is 0.724. The molecule has 0 atom stereocenters. The van der Waals surface area contributed by atoms with Crippen LogP contribution in [0.25, 0.3) is 0 Å². The fourth-order valence-corrected chi connectivity index (χ4v) is 14.8. The van der Waals surface area contributed by atoms with E-state index in [2.05, 4.69) is 88.6 Å². The number of halogens is 9. The van der Waals surface area contributed by atoms with Crippen molar-refractivity contribution < 1.29 is 4.39 Å². The lowest BCUT2D eigenvalue weighted by Crippen LogP contribution is -2.74. The van der Waals surface area contributed by atoms with Crippen LogP contribution in [0.4, 0.5) is 61.3 Å². The van der Waals surface area contributed by atoms with Crippen molar-refractivity contribution in [2.24, 2.45) is 0 Å². The summed E-state index contributed by atoms with van der Waals surface area (Å²) < 4.78 is 17.2. The Morgan fingerprint density at radius 3 is 1.69 bits per heavy atom. The molecule has 19 heteroatoms. The van der Waals surface area contributed by atoms with Crippen LogP contribution < -0.4 is 51.8 Å². The average molecular weight is 1530 g/mol. The molecule has 0 heterocycles. The van der Waals surface area contributed by atoms with Crippen LogP contribution in [0.15, 0.2) is 194 Å². The summed E-state index contributed by atoms with van der Waals surface area (Å²) in [5, 5.41) is 18.4. The molecule has 0 aromatic heterocycles. The molecule has 0 saturated heterocycles. The first kappa shape index (κ1) is 75.6. The second-order valence-electron chi connectivity index (χ2n) is 26.6. The van der Waals surface area contributed by atoms with Crippen molar-refractivity contribution in [2.45, 2.75) is 151 Å². The molecule has 1 saturated carbocycles. The maximum Gasteiger partial charge on any atom is 0.149 e. The van der Waals surface area contributed by atoms with E-state index in [4.69, 9.17) is 92.8 Å². The van der Waals surface area contributed by atoms with Crippen LogP contribution in [0.1, 0.15) is 146 Å². The minimum Gasteiger partial charge on any atom is -0.278 e. The molecule has 2 N–H and O–H groups in total. The van der Waals surface area contributed by atoms with E-state index in [0.29, 0.717) is 76.9 Å². The van der Waals surface area contributed by atoms with Crippen LogP contribution >= 0.6 is 92.8 Å². The number of aryl methyl sites for hydroxylation is 7. The van der Waals surface area contributed by atoms with Crippen LogP contribution in [0.3, 0.4) is 0 Å². The first-order chi connectivity index (χ1) is 49.2. The van der Waals surface area contributed by atoms with Gasteiger partial charge in [-0.15, -0.1) is 5.12 Å². The lowest BCUT2D eigenvalue weighted by molar-refractivity contribution is 0.443. The van der Waals surface area contributed by atoms with Crippen molar-refractivity contribution >= 4 is 150 Å². The maximum atomic E-state index is 17.2. The van der Waals surface area contributed by atoms with Crippen molar-refractivity contribution in [1.29, 1.82) is 0 Å². The van der Waals surface area contributed by atoms with Crippen molar-refractivity contribution in [2.75, 3.05) is 51.8 Å². The number of unbranched alkanes of at least 4 members (excludes halogenated alkanes) is 7. The fraction of sp³-hybridized carbons (Fsp3) is 0.277. The number of benzene rings is 10. The first-order valence-corrected chi connectivity index (χ1v) is 38.1. The van der Waals surface area contributed by atoms with Gasteiger partial charge < -0.3 is 0 Å². The molecule has 0 radical (unpaired) electrons. The molecular formula is C83H87Cl8FN10. The van der Waals surface area contributed by atoms with Crippen molar-refractivity contribution in [3.05, 3.63) is 290 Å². The second-order valence-corrected chi connectivity index (χ2v) is 29.9. The Balaban J connectivity index is 1.28. The molecule has 1 aliphatic carbocycles. The zero-order valence-electron chi connectivity index (χ0n) is 58.9. The Kier molecular flexibility index (Phi) is 25.8. The van der Waals surface area contributed by atoms with Crippen molar-refractivity contribution in [3.63, 3.8) is 0 Å². The summed E-state index contributed by atoms with van der Waals surface area (Å²) in [6, 6.07) is 62.4. The Labute approximate surface area is 642 Å². The van der Waals surface area contributed by atoms with Gasteiger partial charge in [0.2, 0.25) is 0 Å². The highest BCUT2D eigenvalue weighted by Crippen LogP contribution is 2.48. The molecule has 0 amide bonds. The highest BCUT2D eigenvalue weighted by Gasteiger charge is 2.44. The minimum atomic E-state index is -0.667. The van der Waals surface area contributed by atoms with Gasteiger partial charge in [-0.2, -0.15) is 35.8 Å². The van der Waals surface area contributed by atoms with Gasteiger partial charge in [0.25, 0.3) is 0 Å². The Morgan fingerprint density at radius 1 is 0.382 bits per heavy atom. The van der Waals surface area contributed by atoms with E-state index in [1.807, 2.05) is 184 Å². The third-order valence-electron chi connectivity index (χ3n) is 18.8. The lowest BCUT2D eigenvalue weighted by Gasteiger charge is -2.57. The molecule has 0 aliphatic heterocycles. The smallest absolute Gasteiger partial charge is 0.149 e. The van der Waals surface area contributed by atoms with Crippen molar-refractivity contribution in [3.8, 4) is 0 Å². The number of para-hydroxylation sites is 1. The highest BCUT2D eigenvalue weighted by molar-refractivity contribution is 6.36. The maximum absolute atomic E-state index is 17.2. The van der Waals surface area contributed by atoms with Gasteiger partial charge >= 0.3 is 0 Å². The molecular weight excluding hydrogens is 1440 g/mol. The largest absolute Gasteiger partial charge is 0.278 e. The predicted octanol–water partition coefficient (Wildman–Crippen LogP) is 27.8. The number of nitrogens with zero attached hydrogens (tertiary/aromatic N) is 8. The molecule has 1 aliphatic rings. The number of hydrogen-bond donors (Lipinski definition) is 2. The fourth-order valence-electron chi connectivity index (χ4n) is 13.1. The third kappa shape index (κ3) is 17.8. The predicted molar refractivity (Wildman–Crippen MR) is 437 cm³/mol. The molecule has 0 spiro atoms. The highest BCUT2D eigenvalue weighted by atomic mass is 35.5. The normalized spacial score (nSPS) is 12.3. The van der Waals surface area contributed by atoms with Crippen LogP contribution in [0, 0.1) is 54.3 Å². The molecule has 532 valence electrons. The van der Waals surface area contributed by atoms with Gasteiger partial charge in [0.05, 0.1) is 54.9 Å². The monoisotopic (exact) mass is 1520 g/mol. The van der Waals surface area contributed by atoms with Gasteiger partial charge in [-0.05, 0) is 258 Å². The van der Waals surface area contributed by atoms with Gasteiger partial charge in [0.1, 0.15) is 22.9 Å². The summed E-state index contributed by atoms with van der Waals surface area (Å²) in [6.45, 7) is 16.2. The summed E-state index contributed by atoms with van der Waals surface area (Å²) in [6.07, 6.45) is 16.7. The Bertz CT molecular complexity index is 4500.